The number of ether oxygens (including phenoxy) is 1. The zero-order chi connectivity index (χ0) is 23.9. The number of hydrogen-bond acceptors (Lipinski definition) is 6. The Balaban J connectivity index is 1.68. The van der Waals surface area contributed by atoms with E-state index in [2.05, 4.69) is 37.9 Å². The molecule has 2 aromatic rings. The van der Waals surface area contributed by atoms with Crippen LogP contribution in [0.25, 0.3) is 0 Å². The van der Waals surface area contributed by atoms with Crippen LogP contribution in [0.2, 0.25) is 5.02 Å². The van der Waals surface area contributed by atoms with Gasteiger partial charge in [-0.2, -0.15) is 4.98 Å². The maximum atomic E-state index is 13.2. The minimum Gasteiger partial charge on any atom is -0.372 e. The van der Waals surface area contributed by atoms with Gasteiger partial charge in [0.1, 0.15) is 11.5 Å². The first-order chi connectivity index (χ1) is 15.5. The van der Waals surface area contributed by atoms with Gasteiger partial charge in [-0.15, -0.1) is 0 Å². The molecule has 0 spiro atoms. The van der Waals surface area contributed by atoms with Crippen LogP contribution >= 0.6 is 11.6 Å². The van der Waals surface area contributed by atoms with Crippen molar-refractivity contribution in [1.82, 2.24) is 14.9 Å². The standard InChI is InChI=1S/C25H34ClN5O2/c1-15(2)31-14-20-21(23(31)32)27-24(30-12-16(3)33-17(4)13-30)28-22(20)29-25(5,6)11-18-7-9-19(26)10-8-18/h7-10,15-17H,11-14H2,1-6H3,(H,27,28,29)/t16-,17?/m1/s1. The summed E-state index contributed by atoms with van der Waals surface area (Å²) in [5.41, 5.74) is 2.26. The summed E-state index contributed by atoms with van der Waals surface area (Å²) in [7, 11) is 0. The largest absolute Gasteiger partial charge is 0.372 e. The van der Waals surface area contributed by atoms with Gasteiger partial charge in [-0.25, -0.2) is 4.98 Å². The molecule has 2 aliphatic heterocycles. The van der Waals surface area contributed by atoms with Gasteiger partial charge < -0.3 is 19.9 Å². The molecule has 1 saturated heterocycles. The van der Waals surface area contributed by atoms with Crippen LogP contribution in [-0.2, 0) is 17.7 Å². The van der Waals surface area contributed by atoms with Crippen LogP contribution < -0.4 is 10.2 Å². The lowest BCUT2D eigenvalue weighted by molar-refractivity contribution is -0.00572. The Kier molecular flexibility index (Phi) is 6.56. The SMILES string of the molecule is CC1CN(c2nc(NC(C)(C)Cc3ccc(Cl)cc3)c3c(n2)C(=O)N(C(C)C)C3)C[C@@H](C)O1. The molecule has 1 aromatic carbocycles. The van der Waals surface area contributed by atoms with Crippen LogP contribution in [-0.4, -0.2) is 57.7 Å². The van der Waals surface area contributed by atoms with Crippen molar-refractivity contribution in [3.05, 3.63) is 46.1 Å². The molecule has 1 N–H and O–H groups in total. The van der Waals surface area contributed by atoms with E-state index in [-0.39, 0.29) is 29.7 Å². The first-order valence-corrected chi connectivity index (χ1v) is 12.0. The molecule has 0 bridgehead atoms. The van der Waals surface area contributed by atoms with Crippen LogP contribution in [0.3, 0.4) is 0 Å². The van der Waals surface area contributed by atoms with Gasteiger partial charge in [0.05, 0.1) is 18.8 Å². The lowest BCUT2D eigenvalue weighted by Crippen LogP contribution is -2.46. The Morgan fingerprint density at radius 3 is 2.39 bits per heavy atom. The van der Waals surface area contributed by atoms with Crippen molar-refractivity contribution in [3.8, 4) is 0 Å². The molecule has 1 amide bonds. The van der Waals surface area contributed by atoms with Crippen molar-refractivity contribution >= 4 is 29.3 Å². The van der Waals surface area contributed by atoms with E-state index >= 15 is 0 Å². The Labute approximate surface area is 201 Å². The summed E-state index contributed by atoms with van der Waals surface area (Å²) in [6, 6.07) is 8.00. The summed E-state index contributed by atoms with van der Waals surface area (Å²) < 4.78 is 5.89. The summed E-state index contributed by atoms with van der Waals surface area (Å²) in [5, 5.41) is 4.37. The quantitative estimate of drug-likeness (QED) is 0.666. The summed E-state index contributed by atoms with van der Waals surface area (Å²) in [6.07, 6.45) is 0.934. The fourth-order valence-corrected chi connectivity index (χ4v) is 4.78. The number of nitrogens with zero attached hydrogens (tertiary/aromatic N) is 4. The first kappa shape index (κ1) is 23.8. The molecule has 2 aliphatic rings. The highest BCUT2D eigenvalue weighted by atomic mass is 35.5. The number of carbonyl (C=O) groups excluding carboxylic acids is 1. The van der Waals surface area contributed by atoms with Crippen LogP contribution in [0.4, 0.5) is 11.8 Å². The molecule has 4 rings (SSSR count). The molecule has 1 aromatic heterocycles. The third kappa shape index (κ3) is 5.25. The number of nitrogens with one attached hydrogen (secondary N) is 1. The maximum Gasteiger partial charge on any atom is 0.273 e. The molecule has 2 atom stereocenters. The van der Waals surface area contributed by atoms with Gasteiger partial charge in [-0.3, -0.25) is 4.79 Å². The average Bonchev–Trinajstić information content (AvgIpc) is 3.06. The van der Waals surface area contributed by atoms with E-state index in [0.717, 1.165) is 22.8 Å². The molecule has 1 fully saturated rings. The second-order valence-electron chi connectivity index (χ2n) is 10.2. The van der Waals surface area contributed by atoms with Gasteiger partial charge in [0.15, 0.2) is 0 Å². The van der Waals surface area contributed by atoms with Crippen LogP contribution in [0, 0.1) is 0 Å². The predicted molar refractivity (Wildman–Crippen MR) is 132 cm³/mol. The van der Waals surface area contributed by atoms with Gasteiger partial charge in [-0.1, -0.05) is 23.7 Å². The molecule has 33 heavy (non-hydrogen) atoms. The molecular weight excluding hydrogens is 438 g/mol. The summed E-state index contributed by atoms with van der Waals surface area (Å²) in [4.78, 5) is 26.9. The van der Waals surface area contributed by atoms with E-state index in [4.69, 9.17) is 26.3 Å². The third-order valence-corrected chi connectivity index (χ3v) is 6.38. The molecule has 7 nitrogen and oxygen atoms in total. The smallest absolute Gasteiger partial charge is 0.273 e. The molecular formula is C25H34ClN5O2. The zero-order valence-electron chi connectivity index (χ0n) is 20.4. The predicted octanol–water partition coefficient (Wildman–Crippen LogP) is 4.54. The van der Waals surface area contributed by atoms with E-state index in [1.165, 1.54) is 5.56 Å². The summed E-state index contributed by atoms with van der Waals surface area (Å²) in [5.74, 6) is 1.29. The van der Waals surface area contributed by atoms with E-state index in [0.29, 0.717) is 31.3 Å². The van der Waals surface area contributed by atoms with Crippen molar-refractivity contribution in [1.29, 1.82) is 0 Å². The third-order valence-electron chi connectivity index (χ3n) is 6.13. The van der Waals surface area contributed by atoms with Crippen molar-refractivity contribution in [3.63, 3.8) is 0 Å². The van der Waals surface area contributed by atoms with E-state index in [1.807, 2.05) is 43.0 Å². The Hall–Kier alpha value is -2.38. The normalized spacial score (nSPS) is 21.0. The molecule has 1 unspecified atom stereocenters. The van der Waals surface area contributed by atoms with E-state index in [9.17, 15) is 4.79 Å². The zero-order valence-corrected chi connectivity index (χ0v) is 21.1. The van der Waals surface area contributed by atoms with E-state index < -0.39 is 0 Å². The van der Waals surface area contributed by atoms with Gasteiger partial charge in [-0.05, 0) is 65.7 Å². The molecule has 178 valence electrons. The maximum absolute atomic E-state index is 13.2. The number of halogens is 1. The fourth-order valence-electron chi connectivity index (χ4n) is 4.66. The van der Waals surface area contributed by atoms with Crippen molar-refractivity contribution in [2.75, 3.05) is 23.3 Å². The Bertz CT molecular complexity index is 1010. The van der Waals surface area contributed by atoms with Crippen molar-refractivity contribution in [2.24, 2.45) is 0 Å². The van der Waals surface area contributed by atoms with Crippen LogP contribution in [0.1, 0.15) is 63.2 Å². The van der Waals surface area contributed by atoms with Gasteiger partial charge in [0, 0.05) is 35.3 Å². The highest BCUT2D eigenvalue weighted by molar-refractivity contribution is 6.30. The van der Waals surface area contributed by atoms with Gasteiger partial charge >= 0.3 is 0 Å². The molecule has 0 radical (unpaired) electrons. The number of aromatic nitrogens is 2. The number of anilines is 2. The van der Waals surface area contributed by atoms with Crippen molar-refractivity contribution < 1.29 is 9.53 Å². The summed E-state index contributed by atoms with van der Waals surface area (Å²) >= 11 is 6.06. The number of rotatable bonds is 6. The van der Waals surface area contributed by atoms with Gasteiger partial charge in [0.2, 0.25) is 5.95 Å². The number of carbonyl (C=O) groups is 1. The average molecular weight is 472 g/mol. The minimum atomic E-state index is -0.298. The molecule has 0 saturated carbocycles. The highest BCUT2D eigenvalue weighted by Gasteiger charge is 2.36. The Morgan fingerprint density at radius 1 is 1.15 bits per heavy atom. The Morgan fingerprint density at radius 2 is 1.79 bits per heavy atom. The monoisotopic (exact) mass is 471 g/mol. The molecule has 8 heteroatoms. The lowest BCUT2D eigenvalue weighted by atomic mass is 9.94. The van der Waals surface area contributed by atoms with Crippen LogP contribution in [0.15, 0.2) is 24.3 Å². The number of fused-ring (bicyclic) bond motifs is 1. The van der Waals surface area contributed by atoms with Gasteiger partial charge in [0.25, 0.3) is 5.91 Å². The fraction of sp³-hybridized carbons (Fsp3) is 0.560. The second kappa shape index (κ2) is 9.11. The number of hydrogen-bond donors (Lipinski definition) is 1. The van der Waals surface area contributed by atoms with Crippen LogP contribution in [0.5, 0.6) is 0 Å². The number of amides is 1. The lowest BCUT2D eigenvalue weighted by Gasteiger charge is -2.36. The second-order valence-corrected chi connectivity index (χ2v) is 10.6. The highest BCUT2D eigenvalue weighted by Crippen LogP contribution is 2.33. The molecule has 0 aliphatic carbocycles. The number of morpholine rings is 1. The number of benzene rings is 1. The first-order valence-electron chi connectivity index (χ1n) is 11.7. The van der Waals surface area contributed by atoms with Crippen molar-refractivity contribution in [2.45, 2.75) is 78.3 Å². The molecule has 3 heterocycles. The summed E-state index contributed by atoms with van der Waals surface area (Å²) in [6.45, 7) is 14.4. The van der Waals surface area contributed by atoms with E-state index in [1.54, 1.807) is 0 Å². The topological polar surface area (TPSA) is 70.6 Å². The minimum absolute atomic E-state index is 0.0310.